The molecule has 6 heteroatoms. The lowest BCUT2D eigenvalue weighted by atomic mass is 10.0. The summed E-state index contributed by atoms with van der Waals surface area (Å²) in [5.41, 5.74) is 3.57. The van der Waals surface area contributed by atoms with Crippen molar-refractivity contribution in [3.8, 4) is 5.75 Å². The average molecular weight is 474 g/mol. The minimum absolute atomic E-state index is 0.103. The predicted octanol–water partition coefficient (Wildman–Crippen LogP) is 7.23. The van der Waals surface area contributed by atoms with Gasteiger partial charge in [-0.05, 0) is 60.4 Å². The van der Waals surface area contributed by atoms with E-state index in [2.05, 4.69) is 44.0 Å². The van der Waals surface area contributed by atoms with Crippen LogP contribution in [0, 0.1) is 0 Å². The third-order valence-electron chi connectivity index (χ3n) is 5.70. The van der Waals surface area contributed by atoms with Crippen LogP contribution < -0.4 is 9.64 Å². The Morgan fingerprint density at radius 2 is 1.85 bits per heavy atom. The second-order valence-corrected chi connectivity index (χ2v) is 9.65. The van der Waals surface area contributed by atoms with Crippen molar-refractivity contribution >= 4 is 32.6 Å². The summed E-state index contributed by atoms with van der Waals surface area (Å²) in [4.78, 5) is 24.8. The van der Waals surface area contributed by atoms with Crippen molar-refractivity contribution in [1.82, 2.24) is 9.97 Å². The number of rotatable bonds is 10. The zero-order valence-corrected chi connectivity index (χ0v) is 20.8. The molecule has 4 aromatic rings. The van der Waals surface area contributed by atoms with Crippen LogP contribution in [0.3, 0.4) is 0 Å². The van der Waals surface area contributed by atoms with Crippen molar-refractivity contribution in [2.24, 2.45) is 0 Å². The van der Waals surface area contributed by atoms with E-state index in [1.807, 2.05) is 42.5 Å². The van der Waals surface area contributed by atoms with Crippen LogP contribution in [0.5, 0.6) is 5.75 Å². The van der Waals surface area contributed by atoms with Crippen molar-refractivity contribution in [2.75, 3.05) is 11.5 Å². The number of anilines is 1. The highest BCUT2D eigenvalue weighted by atomic mass is 32.1. The number of fused-ring (bicyclic) bond motifs is 1. The highest BCUT2D eigenvalue weighted by molar-refractivity contribution is 7.22. The van der Waals surface area contributed by atoms with Gasteiger partial charge in [-0.15, -0.1) is 0 Å². The summed E-state index contributed by atoms with van der Waals surface area (Å²) in [7, 11) is 0. The first-order valence-corrected chi connectivity index (χ1v) is 12.7. The topological polar surface area (TPSA) is 55.3 Å². The second-order valence-electron chi connectivity index (χ2n) is 8.64. The van der Waals surface area contributed by atoms with Crippen LogP contribution in [0.25, 0.3) is 10.2 Å². The molecular formula is C28H31N3O2S. The van der Waals surface area contributed by atoms with Gasteiger partial charge in [0.15, 0.2) is 5.13 Å². The first-order valence-electron chi connectivity index (χ1n) is 11.9. The molecule has 0 atom stereocenters. The maximum Gasteiger partial charge on any atom is 0.260 e. The van der Waals surface area contributed by atoms with E-state index in [0.717, 1.165) is 40.9 Å². The zero-order chi connectivity index (χ0) is 23.9. The van der Waals surface area contributed by atoms with E-state index in [9.17, 15) is 4.79 Å². The van der Waals surface area contributed by atoms with Crippen LogP contribution >= 0.6 is 11.3 Å². The van der Waals surface area contributed by atoms with Crippen LogP contribution in [0.4, 0.5) is 5.13 Å². The van der Waals surface area contributed by atoms with Gasteiger partial charge in [0.2, 0.25) is 0 Å². The third kappa shape index (κ3) is 5.62. The van der Waals surface area contributed by atoms with Gasteiger partial charge >= 0.3 is 0 Å². The number of hydrogen-bond acceptors (Lipinski definition) is 5. The Labute approximate surface area is 205 Å². The molecule has 2 heterocycles. The number of hydrogen-bond donors (Lipinski definition) is 0. The van der Waals surface area contributed by atoms with Crippen molar-refractivity contribution < 1.29 is 9.53 Å². The molecule has 0 saturated carbocycles. The summed E-state index contributed by atoms with van der Waals surface area (Å²) >= 11 is 1.54. The number of thiazole rings is 1. The molecule has 2 aromatic carbocycles. The fourth-order valence-electron chi connectivity index (χ4n) is 3.81. The quantitative estimate of drug-likeness (QED) is 0.228. The Hall–Kier alpha value is -3.25. The van der Waals surface area contributed by atoms with Gasteiger partial charge in [-0.25, -0.2) is 4.98 Å². The molecule has 34 heavy (non-hydrogen) atoms. The van der Waals surface area contributed by atoms with Crippen LogP contribution in [-0.2, 0) is 6.54 Å². The molecule has 0 aliphatic rings. The number of pyridine rings is 1. The summed E-state index contributed by atoms with van der Waals surface area (Å²) < 4.78 is 6.89. The first kappa shape index (κ1) is 23.9. The highest BCUT2D eigenvalue weighted by Crippen LogP contribution is 2.34. The molecule has 2 aromatic heterocycles. The molecular weight excluding hydrogens is 442 g/mol. The summed E-state index contributed by atoms with van der Waals surface area (Å²) in [6.45, 7) is 7.54. The summed E-state index contributed by atoms with van der Waals surface area (Å²) in [6, 6.07) is 19.4. The molecule has 176 valence electrons. The zero-order valence-electron chi connectivity index (χ0n) is 20.0. The summed E-state index contributed by atoms with van der Waals surface area (Å²) in [5.74, 6) is 1.03. The van der Waals surface area contributed by atoms with Crippen molar-refractivity contribution in [3.63, 3.8) is 0 Å². The molecule has 0 spiro atoms. The number of ether oxygens (including phenoxy) is 1. The number of amides is 1. The largest absolute Gasteiger partial charge is 0.494 e. The van der Waals surface area contributed by atoms with E-state index in [4.69, 9.17) is 9.72 Å². The van der Waals surface area contributed by atoms with E-state index in [-0.39, 0.29) is 5.91 Å². The molecule has 0 radical (unpaired) electrons. The van der Waals surface area contributed by atoms with E-state index in [0.29, 0.717) is 29.8 Å². The minimum atomic E-state index is -0.103. The number of para-hydroxylation sites is 1. The van der Waals surface area contributed by atoms with E-state index in [1.54, 1.807) is 11.1 Å². The highest BCUT2D eigenvalue weighted by Gasteiger charge is 2.23. The maximum atomic E-state index is 13.7. The Kier molecular flexibility index (Phi) is 7.91. The third-order valence-corrected chi connectivity index (χ3v) is 6.74. The Morgan fingerprint density at radius 3 is 2.56 bits per heavy atom. The SMILES string of the molecule is CCCCCOc1ccc(C(=O)N(Cc2ccccn2)c2nc3c(C(C)C)cccc3s2)cc1. The van der Waals surface area contributed by atoms with Crippen LogP contribution in [-0.4, -0.2) is 22.5 Å². The Bertz CT molecular complexity index is 1220. The van der Waals surface area contributed by atoms with E-state index < -0.39 is 0 Å². The lowest BCUT2D eigenvalue weighted by Gasteiger charge is -2.20. The molecule has 0 unspecified atom stereocenters. The summed E-state index contributed by atoms with van der Waals surface area (Å²) in [5, 5.41) is 0.679. The minimum Gasteiger partial charge on any atom is -0.494 e. The number of nitrogens with zero attached hydrogens (tertiary/aromatic N) is 3. The van der Waals surface area contributed by atoms with Gasteiger partial charge in [0, 0.05) is 11.8 Å². The van der Waals surface area contributed by atoms with E-state index >= 15 is 0 Å². The van der Waals surface area contributed by atoms with Gasteiger partial charge < -0.3 is 4.74 Å². The molecule has 0 saturated heterocycles. The van der Waals surface area contributed by atoms with E-state index in [1.165, 1.54) is 16.9 Å². The van der Waals surface area contributed by atoms with Crippen molar-refractivity contribution in [1.29, 1.82) is 0 Å². The fraction of sp³-hybridized carbons (Fsp3) is 0.321. The molecule has 0 aliphatic heterocycles. The molecule has 0 fully saturated rings. The number of carbonyl (C=O) groups is 1. The standard InChI is InChI=1S/C28H31N3O2S/c1-4-5-8-18-33-23-15-13-21(14-16-23)27(32)31(19-22-10-6-7-17-29-22)28-30-26-24(20(2)3)11-9-12-25(26)34-28/h6-7,9-17,20H,4-5,8,18-19H2,1-3H3. The molecule has 0 bridgehead atoms. The maximum absolute atomic E-state index is 13.7. The summed E-state index contributed by atoms with van der Waals surface area (Å²) in [6.07, 6.45) is 5.09. The molecule has 1 amide bonds. The number of unbranched alkanes of at least 4 members (excludes halogenated alkanes) is 2. The van der Waals surface area contributed by atoms with Crippen molar-refractivity contribution in [2.45, 2.75) is 52.5 Å². The smallest absolute Gasteiger partial charge is 0.260 e. The van der Waals surface area contributed by atoms with Crippen LogP contribution in [0.15, 0.2) is 66.9 Å². The lowest BCUT2D eigenvalue weighted by molar-refractivity contribution is 0.0984. The molecule has 0 N–H and O–H groups in total. The normalized spacial score (nSPS) is 11.2. The fourth-order valence-corrected chi connectivity index (χ4v) is 4.81. The second kappa shape index (κ2) is 11.3. The lowest BCUT2D eigenvalue weighted by Crippen LogP contribution is -2.30. The number of carbonyl (C=O) groups excluding carboxylic acids is 1. The molecule has 5 nitrogen and oxygen atoms in total. The Balaban J connectivity index is 1.63. The first-order chi connectivity index (χ1) is 16.6. The van der Waals surface area contributed by atoms with Gasteiger partial charge in [-0.3, -0.25) is 14.7 Å². The van der Waals surface area contributed by atoms with Crippen LogP contribution in [0.2, 0.25) is 0 Å². The van der Waals surface area contributed by atoms with Gasteiger partial charge in [0.05, 0.1) is 29.1 Å². The number of aromatic nitrogens is 2. The van der Waals surface area contributed by atoms with Crippen LogP contribution in [0.1, 0.15) is 67.6 Å². The predicted molar refractivity (Wildman–Crippen MR) is 140 cm³/mol. The van der Waals surface area contributed by atoms with Crippen molar-refractivity contribution in [3.05, 3.63) is 83.7 Å². The average Bonchev–Trinajstić information content (AvgIpc) is 3.30. The molecule has 0 aliphatic carbocycles. The Morgan fingerprint density at radius 1 is 1.03 bits per heavy atom. The van der Waals surface area contributed by atoms with Gasteiger partial charge in [0.25, 0.3) is 5.91 Å². The number of benzene rings is 2. The van der Waals surface area contributed by atoms with Gasteiger partial charge in [-0.1, -0.05) is 63.1 Å². The van der Waals surface area contributed by atoms with Gasteiger partial charge in [0.1, 0.15) is 5.75 Å². The monoisotopic (exact) mass is 473 g/mol. The molecule has 4 rings (SSSR count). The van der Waals surface area contributed by atoms with Gasteiger partial charge in [-0.2, -0.15) is 0 Å².